The van der Waals surface area contributed by atoms with E-state index in [0.717, 1.165) is 53.4 Å². The molecule has 8 nitrogen and oxygen atoms in total. The molecule has 2 fully saturated rings. The van der Waals surface area contributed by atoms with Gasteiger partial charge in [0, 0.05) is 36.1 Å². The van der Waals surface area contributed by atoms with Gasteiger partial charge in [0.25, 0.3) is 0 Å². The van der Waals surface area contributed by atoms with Gasteiger partial charge in [-0.2, -0.15) is 4.31 Å². The second-order valence-corrected chi connectivity index (χ2v) is 12.9. The molecule has 202 valence electrons. The van der Waals surface area contributed by atoms with Gasteiger partial charge in [0.1, 0.15) is 5.75 Å². The number of aromatic nitrogens is 1. The van der Waals surface area contributed by atoms with Crippen LogP contribution < -0.4 is 4.74 Å². The van der Waals surface area contributed by atoms with Crippen LogP contribution in [0.4, 0.5) is 0 Å². The Bertz CT molecular complexity index is 1480. The van der Waals surface area contributed by atoms with Crippen LogP contribution in [0.1, 0.15) is 59.5 Å². The van der Waals surface area contributed by atoms with Crippen LogP contribution >= 0.6 is 0 Å². The fraction of sp³-hybridized carbons (Fsp3) is 0.483. The molecular weight excluding hydrogens is 504 g/mol. The fourth-order valence-electron chi connectivity index (χ4n) is 6.62. The number of morpholine rings is 1. The van der Waals surface area contributed by atoms with Gasteiger partial charge in [-0.1, -0.05) is 25.3 Å². The van der Waals surface area contributed by atoms with Gasteiger partial charge in [-0.3, -0.25) is 0 Å². The number of carbonyl (C=O) groups is 1. The molecule has 0 radical (unpaired) electrons. The highest BCUT2D eigenvalue weighted by atomic mass is 32.2. The number of ether oxygens (including phenoxy) is 2. The molecule has 2 aliphatic heterocycles. The van der Waals surface area contributed by atoms with Gasteiger partial charge in [0.15, 0.2) is 0 Å². The van der Waals surface area contributed by atoms with E-state index < -0.39 is 21.2 Å². The number of carboxylic acid groups (broad SMARTS) is 1. The molecule has 3 aliphatic rings. The van der Waals surface area contributed by atoms with E-state index >= 15 is 0 Å². The van der Waals surface area contributed by atoms with Crippen LogP contribution in [0.5, 0.6) is 5.75 Å². The predicted molar refractivity (Wildman–Crippen MR) is 146 cm³/mol. The molecule has 38 heavy (non-hydrogen) atoms. The largest absolute Gasteiger partial charge is 0.497 e. The Morgan fingerprint density at radius 1 is 1.05 bits per heavy atom. The molecule has 6 rings (SSSR count). The third-order valence-electron chi connectivity index (χ3n) is 8.52. The fourth-order valence-corrected chi connectivity index (χ4v) is 8.42. The topological polar surface area (TPSA) is 98.1 Å². The first kappa shape index (κ1) is 25.4. The minimum Gasteiger partial charge on any atom is -0.497 e. The molecule has 1 N–H and O–H groups in total. The third-order valence-corrected chi connectivity index (χ3v) is 10.8. The lowest BCUT2D eigenvalue weighted by Crippen LogP contribution is -2.46. The highest BCUT2D eigenvalue weighted by Gasteiger charge is 2.38. The van der Waals surface area contributed by atoms with Crippen molar-refractivity contribution < 1.29 is 27.8 Å². The first-order valence-electron chi connectivity index (χ1n) is 13.5. The number of nitrogens with zero attached hydrogens (tertiary/aromatic N) is 2. The SMILES string of the molecule is COc1ccc2c(c1)CC(S(=O)(=O)N1CCOCC1)Cn1c-2c(C2CCCCC2)c2ccc(C(=O)O)cc21. The summed E-state index contributed by atoms with van der Waals surface area (Å²) in [5.74, 6) is 0.0571. The maximum atomic E-state index is 14.0. The number of fused-ring (bicyclic) bond motifs is 5. The summed E-state index contributed by atoms with van der Waals surface area (Å²) in [6.45, 7) is 1.74. The van der Waals surface area contributed by atoms with Crippen molar-refractivity contribution in [3.63, 3.8) is 0 Å². The Labute approximate surface area is 223 Å². The van der Waals surface area contributed by atoms with Gasteiger partial charge < -0.3 is 19.1 Å². The summed E-state index contributed by atoms with van der Waals surface area (Å²) in [6.07, 6.45) is 6.06. The molecule has 1 aliphatic carbocycles. The van der Waals surface area contributed by atoms with Crippen LogP contribution in [0.2, 0.25) is 0 Å². The van der Waals surface area contributed by atoms with Crippen molar-refractivity contribution in [2.75, 3.05) is 33.4 Å². The van der Waals surface area contributed by atoms with Crippen LogP contribution in [-0.4, -0.2) is 67.0 Å². The zero-order valence-electron chi connectivity index (χ0n) is 21.7. The second-order valence-electron chi connectivity index (χ2n) is 10.7. The number of hydrogen-bond donors (Lipinski definition) is 1. The summed E-state index contributed by atoms with van der Waals surface area (Å²) in [6, 6.07) is 11.3. The normalized spacial score (nSPS) is 21.0. The Morgan fingerprint density at radius 2 is 1.82 bits per heavy atom. The van der Waals surface area contributed by atoms with Crippen LogP contribution in [0, 0.1) is 0 Å². The molecule has 1 unspecified atom stereocenters. The number of hydrogen-bond acceptors (Lipinski definition) is 5. The smallest absolute Gasteiger partial charge is 0.335 e. The molecule has 0 spiro atoms. The summed E-state index contributed by atoms with van der Waals surface area (Å²) in [4.78, 5) is 12.0. The number of benzene rings is 2. The highest BCUT2D eigenvalue weighted by molar-refractivity contribution is 7.89. The standard InChI is InChI=1S/C29H34N2O6S/c1-36-22-8-10-24-21(15-22)16-23(38(34,35)30-11-13-37-14-12-30)18-31-26-17-20(29(32)33)7-9-25(26)27(28(24)31)19-5-3-2-4-6-19/h7-10,15,17,19,23H,2-6,11-14,16,18H2,1H3,(H,32,33). The van der Waals surface area contributed by atoms with Crippen LogP contribution in [0.15, 0.2) is 36.4 Å². The summed E-state index contributed by atoms with van der Waals surface area (Å²) >= 11 is 0. The van der Waals surface area contributed by atoms with Crippen molar-refractivity contribution in [1.29, 1.82) is 0 Å². The molecule has 1 saturated carbocycles. The zero-order valence-corrected chi connectivity index (χ0v) is 22.5. The van der Waals surface area contributed by atoms with Crippen molar-refractivity contribution in [3.05, 3.63) is 53.1 Å². The lowest BCUT2D eigenvalue weighted by Gasteiger charge is -2.30. The summed E-state index contributed by atoms with van der Waals surface area (Å²) in [5, 5.41) is 10.1. The molecule has 3 aromatic rings. The van der Waals surface area contributed by atoms with Crippen molar-refractivity contribution in [1.82, 2.24) is 8.87 Å². The van der Waals surface area contributed by atoms with E-state index in [1.54, 1.807) is 23.5 Å². The monoisotopic (exact) mass is 538 g/mol. The highest BCUT2D eigenvalue weighted by Crippen LogP contribution is 2.47. The number of rotatable bonds is 5. The van der Waals surface area contributed by atoms with Gasteiger partial charge in [-0.05, 0) is 66.6 Å². The number of aromatic carboxylic acids is 1. The molecular formula is C29H34N2O6S. The molecule has 9 heteroatoms. The first-order chi connectivity index (χ1) is 18.4. The first-order valence-corrected chi connectivity index (χ1v) is 15.0. The zero-order chi connectivity index (χ0) is 26.4. The summed E-state index contributed by atoms with van der Waals surface area (Å²) < 4.78 is 42.7. The van der Waals surface area contributed by atoms with Crippen LogP contribution in [0.3, 0.4) is 0 Å². The van der Waals surface area contributed by atoms with Crippen molar-refractivity contribution in [3.8, 4) is 17.0 Å². The molecule has 0 amide bonds. The average molecular weight is 539 g/mol. The van der Waals surface area contributed by atoms with Crippen LogP contribution in [-0.2, 0) is 27.7 Å². The van der Waals surface area contributed by atoms with Gasteiger partial charge in [-0.15, -0.1) is 0 Å². The van der Waals surface area contributed by atoms with E-state index in [1.807, 2.05) is 24.3 Å². The van der Waals surface area contributed by atoms with Gasteiger partial charge in [-0.25, -0.2) is 13.2 Å². The number of carboxylic acids is 1. The summed E-state index contributed by atoms with van der Waals surface area (Å²) in [5.41, 5.74) is 5.23. The van der Waals surface area contributed by atoms with E-state index in [0.29, 0.717) is 44.4 Å². The van der Waals surface area contributed by atoms with Crippen molar-refractivity contribution in [2.45, 2.75) is 56.2 Å². The van der Waals surface area contributed by atoms with E-state index in [4.69, 9.17) is 9.47 Å². The minimum absolute atomic E-state index is 0.208. The molecule has 0 bridgehead atoms. The number of methoxy groups -OCH3 is 1. The lowest BCUT2D eigenvalue weighted by atomic mass is 9.81. The van der Waals surface area contributed by atoms with Crippen molar-refractivity contribution >= 4 is 26.9 Å². The Hall–Kier alpha value is -2.88. The number of sulfonamides is 1. The minimum atomic E-state index is -3.65. The summed E-state index contributed by atoms with van der Waals surface area (Å²) in [7, 11) is -2.03. The molecule has 1 atom stereocenters. The predicted octanol–water partition coefficient (Wildman–Crippen LogP) is 4.65. The van der Waals surface area contributed by atoms with Gasteiger partial charge in [0.05, 0.1) is 36.8 Å². The molecule has 2 aromatic carbocycles. The third kappa shape index (κ3) is 4.30. The van der Waals surface area contributed by atoms with Crippen LogP contribution in [0.25, 0.3) is 22.2 Å². The maximum Gasteiger partial charge on any atom is 0.335 e. The van der Waals surface area contributed by atoms with Gasteiger partial charge >= 0.3 is 5.97 Å². The average Bonchev–Trinajstić information content (AvgIpc) is 3.15. The van der Waals surface area contributed by atoms with Crippen molar-refractivity contribution in [2.24, 2.45) is 0 Å². The molecule has 1 aromatic heterocycles. The molecule has 3 heterocycles. The lowest BCUT2D eigenvalue weighted by molar-refractivity contribution is 0.0697. The quantitative estimate of drug-likeness (QED) is 0.508. The van der Waals surface area contributed by atoms with E-state index in [9.17, 15) is 18.3 Å². The Balaban J connectivity index is 1.61. The van der Waals surface area contributed by atoms with E-state index in [1.165, 1.54) is 12.0 Å². The Kier molecular flexibility index (Phi) is 6.70. The van der Waals surface area contributed by atoms with Gasteiger partial charge in [0.2, 0.25) is 10.0 Å². The molecule has 1 saturated heterocycles. The maximum absolute atomic E-state index is 14.0. The second kappa shape index (κ2) is 10.0. The van der Waals surface area contributed by atoms with E-state index in [-0.39, 0.29) is 12.1 Å². The van der Waals surface area contributed by atoms with E-state index in [2.05, 4.69) is 4.57 Å². The Morgan fingerprint density at radius 3 is 2.53 bits per heavy atom.